The fraction of sp³-hybridized carbons (Fsp3) is 0.381. The number of amides is 1. The van der Waals surface area contributed by atoms with E-state index >= 15 is 0 Å². The van der Waals surface area contributed by atoms with Crippen LogP contribution in [-0.2, 0) is 15.0 Å². The summed E-state index contributed by atoms with van der Waals surface area (Å²) in [6, 6.07) is 1.75. The van der Waals surface area contributed by atoms with Gasteiger partial charge in [-0.25, -0.2) is 15.0 Å². The molecule has 0 aromatic carbocycles. The van der Waals surface area contributed by atoms with E-state index in [-0.39, 0.29) is 23.8 Å². The van der Waals surface area contributed by atoms with Crippen LogP contribution >= 0.6 is 0 Å². The molecule has 0 spiro atoms. The number of aliphatic carboxylic acids is 1. The lowest BCUT2D eigenvalue weighted by atomic mass is 9.78. The molecule has 1 atom stereocenters. The molecule has 3 rings (SSSR count). The number of pyridine rings is 1. The highest BCUT2D eigenvalue weighted by molar-refractivity contribution is 5.94. The smallest absolute Gasteiger partial charge is 0.319 e. The van der Waals surface area contributed by atoms with Gasteiger partial charge in [0.25, 0.3) is 0 Å². The van der Waals surface area contributed by atoms with Crippen molar-refractivity contribution < 1.29 is 14.7 Å². The van der Waals surface area contributed by atoms with Crippen LogP contribution in [0.2, 0.25) is 0 Å². The third kappa shape index (κ3) is 4.11. The normalized spacial score (nSPS) is 18.4. The molecular formula is C21H25N5O3. The van der Waals surface area contributed by atoms with E-state index in [1.807, 2.05) is 26.0 Å². The fourth-order valence-electron chi connectivity index (χ4n) is 3.04. The van der Waals surface area contributed by atoms with Crippen molar-refractivity contribution in [2.45, 2.75) is 45.6 Å². The molecule has 29 heavy (non-hydrogen) atoms. The Morgan fingerprint density at radius 2 is 1.93 bits per heavy atom. The van der Waals surface area contributed by atoms with Crippen LogP contribution < -0.4 is 10.6 Å². The highest BCUT2D eigenvalue weighted by atomic mass is 16.4. The summed E-state index contributed by atoms with van der Waals surface area (Å²) in [5.74, 6) is -0.715. The van der Waals surface area contributed by atoms with Gasteiger partial charge >= 0.3 is 5.97 Å². The summed E-state index contributed by atoms with van der Waals surface area (Å²) in [4.78, 5) is 37.5. The predicted octanol–water partition coefficient (Wildman–Crippen LogP) is 3.28. The summed E-state index contributed by atoms with van der Waals surface area (Å²) >= 11 is 0. The van der Waals surface area contributed by atoms with Gasteiger partial charge in [-0.1, -0.05) is 38.2 Å². The molecule has 152 valence electrons. The average Bonchev–Trinajstić information content (AvgIpc) is 2.68. The van der Waals surface area contributed by atoms with Gasteiger partial charge in [0.2, 0.25) is 11.9 Å². The zero-order valence-corrected chi connectivity index (χ0v) is 16.9. The second-order valence-electron chi connectivity index (χ2n) is 7.70. The molecule has 2 heterocycles. The molecule has 0 bridgehead atoms. The molecule has 3 N–H and O–H groups in total. The number of carbonyl (C=O) groups excluding carboxylic acids is 1. The number of anilines is 2. The van der Waals surface area contributed by atoms with E-state index in [2.05, 4.69) is 25.6 Å². The van der Waals surface area contributed by atoms with Crippen molar-refractivity contribution in [1.82, 2.24) is 15.0 Å². The number of rotatable bonds is 6. The monoisotopic (exact) mass is 395 g/mol. The van der Waals surface area contributed by atoms with Crippen molar-refractivity contribution in [1.29, 1.82) is 0 Å². The lowest BCUT2D eigenvalue weighted by molar-refractivity contribution is -0.142. The summed E-state index contributed by atoms with van der Waals surface area (Å²) in [7, 11) is 0. The van der Waals surface area contributed by atoms with Gasteiger partial charge in [-0.05, 0) is 26.3 Å². The van der Waals surface area contributed by atoms with E-state index < -0.39 is 11.4 Å². The van der Waals surface area contributed by atoms with Gasteiger partial charge in [0.1, 0.15) is 10.9 Å². The van der Waals surface area contributed by atoms with Crippen molar-refractivity contribution in [3.63, 3.8) is 0 Å². The fourth-order valence-corrected chi connectivity index (χ4v) is 3.04. The molecule has 8 nitrogen and oxygen atoms in total. The highest BCUT2D eigenvalue weighted by Gasteiger charge is 2.40. The van der Waals surface area contributed by atoms with Gasteiger partial charge in [-0.15, -0.1) is 0 Å². The van der Waals surface area contributed by atoms with Crippen molar-refractivity contribution in [3.05, 3.63) is 42.3 Å². The number of allylic oxidation sites excluding steroid dienone is 3. The van der Waals surface area contributed by atoms with E-state index in [0.717, 1.165) is 0 Å². The molecule has 0 radical (unpaired) electrons. The Balaban J connectivity index is 2.15. The number of hydrogen-bond donors (Lipinski definition) is 3. The number of nitrogens with zero attached hydrogens (tertiary/aromatic N) is 3. The number of hydrogen-bond acceptors (Lipinski definition) is 6. The van der Waals surface area contributed by atoms with Crippen LogP contribution in [0.15, 0.2) is 36.6 Å². The highest BCUT2D eigenvalue weighted by Crippen LogP contribution is 2.35. The number of nitrogens with one attached hydrogen (secondary N) is 2. The Labute approximate surface area is 169 Å². The Morgan fingerprint density at radius 3 is 2.52 bits per heavy atom. The second kappa shape index (κ2) is 7.98. The zero-order valence-electron chi connectivity index (χ0n) is 16.9. The molecule has 1 aliphatic rings. The predicted molar refractivity (Wildman–Crippen MR) is 112 cm³/mol. The molecule has 0 saturated carbocycles. The van der Waals surface area contributed by atoms with Gasteiger partial charge in [-0.2, -0.15) is 0 Å². The molecule has 1 amide bonds. The summed E-state index contributed by atoms with van der Waals surface area (Å²) in [5, 5.41) is 16.5. The van der Waals surface area contributed by atoms with Gasteiger partial charge in [-0.3, -0.25) is 14.9 Å². The van der Waals surface area contributed by atoms with E-state index in [1.165, 1.54) is 0 Å². The SMILES string of the molecule is CC(C)Nc1nc(C2(C(=O)O)C=CC=CC2)cc2cnc(NC(=O)C(C)C)nc12. The van der Waals surface area contributed by atoms with Gasteiger partial charge in [0.05, 0.1) is 5.69 Å². The lowest BCUT2D eigenvalue weighted by Crippen LogP contribution is -2.35. The van der Waals surface area contributed by atoms with E-state index in [4.69, 9.17) is 0 Å². The number of fused-ring (bicyclic) bond motifs is 1. The molecule has 2 aromatic heterocycles. The Bertz CT molecular complexity index is 1010. The molecule has 8 heteroatoms. The first kappa shape index (κ1) is 20.4. The van der Waals surface area contributed by atoms with Crippen LogP contribution in [0.1, 0.15) is 39.8 Å². The third-order valence-electron chi connectivity index (χ3n) is 4.66. The Hall–Kier alpha value is -3.29. The Kier molecular flexibility index (Phi) is 5.63. The molecule has 1 aliphatic carbocycles. The van der Waals surface area contributed by atoms with Crippen LogP contribution in [0.25, 0.3) is 10.9 Å². The van der Waals surface area contributed by atoms with Crippen LogP contribution in [-0.4, -0.2) is 38.0 Å². The molecular weight excluding hydrogens is 370 g/mol. The van der Waals surface area contributed by atoms with Gasteiger partial charge < -0.3 is 10.4 Å². The quantitative estimate of drug-likeness (QED) is 0.687. The van der Waals surface area contributed by atoms with Crippen molar-refractivity contribution in [2.24, 2.45) is 5.92 Å². The first-order valence-corrected chi connectivity index (χ1v) is 9.56. The average molecular weight is 395 g/mol. The van der Waals surface area contributed by atoms with E-state index in [0.29, 0.717) is 28.8 Å². The first-order chi connectivity index (χ1) is 13.7. The van der Waals surface area contributed by atoms with Crippen LogP contribution in [0, 0.1) is 5.92 Å². The maximum absolute atomic E-state index is 12.2. The lowest BCUT2D eigenvalue weighted by Gasteiger charge is -2.27. The maximum Gasteiger partial charge on any atom is 0.319 e. The molecule has 0 saturated heterocycles. The number of carboxylic acids is 1. The maximum atomic E-state index is 12.2. The molecule has 0 aliphatic heterocycles. The van der Waals surface area contributed by atoms with Crippen molar-refractivity contribution in [3.8, 4) is 0 Å². The minimum atomic E-state index is -1.25. The standard InChI is InChI=1S/C21H25N5O3/c1-12(2)18(27)26-20-22-11-14-10-15(21(19(28)29)8-6-5-7-9-21)24-17(16(14)25-20)23-13(3)4/h5-8,10-13H,9H2,1-4H3,(H,23,24)(H,28,29)(H,22,25,26,27). The third-order valence-corrected chi connectivity index (χ3v) is 4.66. The second-order valence-corrected chi connectivity index (χ2v) is 7.70. The van der Waals surface area contributed by atoms with Crippen LogP contribution in [0.4, 0.5) is 11.8 Å². The topological polar surface area (TPSA) is 117 Å². The summed E-state index contributed by atoms with van der Waals surface area (Å²) in [6.45, 7) is 7.49. The van der Waals surface area contributed by atoms with Crippen LogP contribution in [0.3, 0.4) is 0 Å². The summed E-state index contributed by atoms with van der Waals surface area (Å²) < 4.78 is 0. The Morgan fingerprint density at radius 1 is 1.17 bits per heavy atom. The van der Waals surface area contributed by atoms with E-state index in [9.17, 15) is 14.7 Å². The summed E-state index contributed by atoms with van der Waals surface area (Å²) in [5.41, 5.74) is -0.322. The van der Waals surface area contributed by atoms with Gasteiger partial charge in [0.15, 0.2) is 5.82 Å². The zero-order chi connectivity index (χ0) is 21.2. The van der Waals surface area contributed by atoms with Crippen molar-refractivity contribution in [2.75, 3.05) is 10.6 Å². The van der Waals surface area contributed by atoms with Crippen LogP contribution in [0.5, 0.6) is 0 Å². The van der Waals surface area contributed by atoms with E-state index in [1.54, 1.807) is 38.3 Å². The van der Waals surface area contributed by atoms with Gasteiger partial charge in [0, 0.05) is 23.5 Å². The van der Waals surface area contributed by atoms with Crippen molar-refractivity contribution >= 4 is 34.5 Å². The molecule has 0 fully saturated rings. The first-order valence-electron chi connectivity index (χ1n) is 9.56. The minimum Gasteiger partial charge on any atom is -0.480 e. The summed E-state index contributed by atoms with van der Waals surface area (Å²) in [6.07, 6.45) is 8.90. The number of carbonyl (C=O) groups is 2. The largest absolute Gasteiger partial charge is 0.480 e. The molecule has 1 unspecified atom stereocenters. The minimum absolute atomic E-state index is 0.0483. The molecule has 2 aromatic rings. The number of aromatic nitrogens is 3. The number of carboxylic acid groups (broad SMARTS) is 1.